The molecule has 8 nitrogen and oxygen atoms in total. The standard InChI is InChI=1S/C22H27F2N5O3/c1-13-11-26-21(28-19(13)29(2)3)27-16-7-4-14(5-8-16)12-25-20(30)15-6-9-17-18(10-15)32-22(23,24)31-17/h6,9-11,14,16H,4-5,7-8,12H2,1-3H3,(H,25,30)(H,26,27,28). The minimum atomic E-state index is -3.69. The summed E-state index contributed by atoms with van der Waals surface area (Å²) < 4.78 is 35.1. The highest BCUT2D eigenvalue weighted by molar-refractivity contribution is 5.94. The first kappa shape index (κ1) is 22.0. The number of fused-ring (bicyclic) bond motifs is 1. The third-order valence-corrected chi connectivity index (χ3v) is 5.76. The van der Waals surface area contributed by atoms with Gasteiger partial charge in [-0.3, -0.25) is 4.79 Å². The number of hydrogen-bond acceptors (Lipinski definition) is 7. The highest BCUT2D eigenvalue weighted by atomic mass is 19.3. The van der Waals surface area contributed by atoms with Crippen LogP contribution in [0.3, 0.4) is 0 Å². The second-order valence-electron chi connectivity index (χ2n) is 8.50. The normalized spacial score (nSPS) is 21.2. The summed E-state index contributed by atoms with van der Waals surface area (Å²) in [5.41, 5.74) is 1.28. The molecule has 0 bridgehead atoms. The number of nitrogens with zero attached hydrogens (tertiary/aromatic N) is 3. The number of carbonyl (C=O) groups excluding carboxylic acids is 1. The largest absolute Gasteiger partial charge is 0.586 e. The smallest absolute Gasteiger partial charge is 0.395 e. The number of halogens is 2. The third-order valence-electron chi connectivity index (χ3n) is 5.76. The molecule has 1 amide bonds. The molecule has 0 radical (unpaired) electrons. The Balaban J connectivity index is 1.24. The van der Waals surface area contributed by atoms with E-state index in [0.29, 0.717) is 18.4 Å². The van der Waals surface area contributed by atoms with Crippen molar-refractivity contribution in [2.24, 2.45) is 5.92 Å². The average molecular weight is 447 g/mol. The monoisotopic (exact) mass is 447 g/mol. The summed E-state index contributed by atoms with van der Waals surface area (Å²) in [4.78, 5) is 23.4. The molecule has 4 rings (SSSR count). The summed E-state index contributed by atoms with van der Waals surface area (Å²) in [6.07, 6.45) is 1.95. The molecule has 2 heterocycles. The Morgan fingerprint density at radius 1 is 1.19 bits per heavy atom. The first-order valence-corrected chi connectivity index (χ1v) is 10.7. The van der Waals surface area contributed by atoms with Gasteiger partial charge >= 0.3 is 6.29 Å². The molecular weight excluding hydrogens is 420 g/mol. The van der Waals surface area contributed by atoms with Crippen molar-refractivity contribution in [3.05, 3.63) is 35.5 Å². The molecule has 1 aliphatic heterocycles. The van der Waals surface area contributed by atoms with Crippen molar-refractivity contribution in [1.29, 1.82) is 0 Å². The van der Waals surface area contributed by atoms with Gasteiger partial charge in [0.05, 0.1) is 0 Å². The zero-order valence-corrected chi connectivity index (χ0v) is 18.3. The van der Waals surface area contributed by atoms with Gasteiger partial charge < -0.3 is 25.0 Å². The number of rotatable bonds is 6. The van der Waals surface area contributed by atoms with Crippen molar-refractivity contribution in [3.8, 4) is 11.5 Å². The molecule has 1 fully saturated rings. The Kier molecular flexibility index (Phi) is 6.03. The molecule has 0 atom stereocenters. The van der Waals surface area contributed by atoms with Gasteiger partial charge in [0.15, 0.2) is 11.5 Å². The summed E-state index contributed by atoms with van der Waals surface area (Å²) in [7, 11) is 3.91. The topological polar surface area (TPSA) is 88.6 Å². The predicted octanol–water partition coefficient (Wildman–Crippen LogP) is 3.57. The van der Waals surface area contributed by atoms with E-state index in [9.17, 15) is 13.6 Å². The molecule has 2 N–H and O–H groups in total. The maximum absolute atomic E-state index is 13.1. The Morgan fingerprint density at radius 3 is 2.62 bits per heavy atom. The van der Waals surface area contributed by atoms with E-state index in [4.69, 9.17) is 0 Å². The van der Waals surface area contributed by atoms with Gasteiger partial charge in [-0.2, -0.15) is 4.98 Å². The van der Waals surface area contributed by atoms with Crippen molar-refractivity contribution < 1.29 is 23.0 Å². The molecule has 0 unspecified atom stereocenters. The first-order valence-electron chi connectivity index (χ1n) is 10.7. The minimum absolute atomic E-state index is 0.0763. The van der Waals surface area contributed by atoms with Crippen LogP contribution in [0.15, 0.2) is 24.4 Å². The average Bonchev–Trinajstić information content (AvgIpc) is 3.07. The van der Waals surface area contributed by atoms with Crippen LogP contribution in [-0.4, -0.2) is 48.9 Å². The molecule has 1 aromatic heterocycles. The molecule has 0 saturated heterocycles. The first-order chi connectivity index (χ1) is 15.2. The molecule has 32 heavy (non-hydrogen) atoms. The summed E-state index contributed by atoms with van der Waals surface area (Å²) in [5.74, 6) is 1.34. The van der Waals surface area contributed by atoms with E-state index in [1.165, 1.54) is 18.2 Å². The van der Waals surface area contributed by atoms with Crippen LogP contribution in [0.1, 0.15) is 41.6 Å². The number of anilines is 2. The quantitative estimate of drug-likeness (QED) is 0.700. The van der Waals surface area contributed by atoms with Gasteiger partial charge in [-0.1, -0.05) is 0 Å². The van der Waals surface area contributed by atoms with Crippen LogP contribution < -0.4 is 25.0 Å². The number of aryl methyl sites for hydroxylation is 1. The summed E-state index contributed by atoms with van der Waals surface area (Å²) >= 11 is 0. The van der Waals surface area contributed by atoms with Gasteiger partial charge in [-0.15, -0.1) is 8.78 Å². The van der Waals surface area contributed by atoms with E-state index in [-0.39, 0.29) is 29.0 Å². The van der Waals surface area contributed by atoms with Gasteiger partial charge in [0.1, 0.15) is 5.82 Å². The number of ether oxygens (including phenoxy) is 2. The van der Waals surface area contributed by atoms with E-state index in [1.807, 2.05) is 32.1 Å². The lowest BCUT2D eigenvalue weighted by Gasteiger charge is -2.29. The highest BCUT2D eigenvalue weighted by Crippen LogP contribution is 2.41. The number of hydrogen-bond donors (Lipinski definition) is 2. The fraction of sp³-hybridized carbons (Fsp3) is 0.500. The molecule has 0 spiro atoms. The van der Waals surface area contributed by atoms with Crippen molar-refractivity contribution in [2.45, 2.75) is 44.9 Å². The molecule has 2 aliphatic rings. The van der Waals surface area contributed by atoms with Gasteiger partial charge in [0, 0.05) is 44.0 Å². The molecule has 172 valence electrons. The van der Waals surface area contributed by atoms with E-state index >= 15 is 0 Å². The van der Waals surface area contributed by atoms with Crippen LogP contribution in [0, 0.1) is 12.8 Å². The van der Waals surface area contributed by atoms with E-state index < -0.39 is 6.29 Å². The number of aromatic nitrogens is 2. The SMILES string of the molecule is Cc1cnc(NC2CCC(CNC(=O)c3ccc4c(c3)OC(F)(F)O4)CC2)nc1N(C)C. The molecule has 1 aromatic carbocycles. The second kappa shape index (κ2) is 8.76. The number of alkyl halides is 2. The number of amides is 1. The number of carbonyl (C=O) groups is 1. The van der Waals surface area contributed by atoms with Crippen LogP contribution in [0.2, 0.25) is 0 Å². The van der Waals surface area contributed by atoms with Crippen molar-refractivity contribution in [3.63, 3.8) is 0 Å². The van der Waals surface area contributed by atoms with E-state index in [0.717, 1.165) is 37.1 Å². The maximum Gasteiger partial charge on any atom is 0.586 e. The van der Waals surface area contributed by atoms with E-state index in [1.54, 1.807) is 0 Å². The lowest BCUT2D eigenvalue weighted by Crippen LogP contribution is -2.34. The zero-order chi connectivity index (χ0) is 22.9. The third kappa shape index (κ3) is 5.00. The molecule has 2 aromatic rings. The van der Waals surface area contributed by atoms with E-state index in [2.05, 4.69) is 30.1 Å². The maximum atomic E-state index is 13.1. The van der Waals surface area contributed by atoms with Crippen LogP contribution in [0.25, 0.3) is 0 Å². The lowest BCUT2D eigenvalue weighted by atomic mass is 9.86. The molecule has 1 saturated carbocycles. The summed E-state index contributed by atoms with van der Waals surface area (Å²) in [6, 6.07) is 4.33. The van der Waals surface area contributed by atoms with Gasteiger partial charge in [0.2, 0.25) is 5.95 Å². The Labute approximate surface area is 185 Å². The Bertz CT molecular complexity index is 994. The molecule has 1 aliphatic carbocycles. The van der Waals surface area contributed by atoms with Crippen LogP contribution in [-0.2, 0) is 0 Å². The van der Waals surface area contributed by atoms with Gasteiger partial charge in [-0.25, -0.2) is 4.98 Å². The lowest BCUT2D eigenvalue weighted by molar-refractivity contribution is -0.286. The summed E-state index contributed by atoms with van der Waals surface area (Å²) in [6.45, 7) is 2.51. The fourth-order valence-electron chi connectivity index (χ4n) is 4.08. The Morgan fingerprint density at radius 2 is 1.91 bits per heavy atom. The van der Waals surface area contributed by atoms with Crippen LogP contribution in [0.5, 0.6) is 11.5 Å². The van der Waals surface area contributed by atoms with Crippen LogP contribution in [0.4, 0.5) is 20.5 Å². The minimum Gasteiger partial charge on any atom is -0.395 e. The Hall–Kier alpha value is -3.17. The van der Waals surface area contributed by atoms with Gasteiger partial charge in [0.25, 0.3) is 5.91 Å². The van der Waals surface area contributed by atoms with Crippen molar-refractivity contribution in [2.75, 3.05) is 30.9 Å². The van der Waals surface area contributed by atoms with Crippen molar-refractivity contribution >= 4 is 17.7 Å². The fourth-order valence-corrected chi connectivity index (χ4v) is 4.08. The van der Waals surface area contributed by atoms with Gasteiger partial charge in [-0.05, 0) is 56.7 Å². The predicted molar refractivity (Wildman–Crippen MR) is 115 cm³/mol. The molecule has 10 heteroatoms. The van der Waals surface area contributed by atoms with Crippen molar-refractivity contribution in [1.82, 2.24) is 15.3 Å². The highest BCUT2D eigenvalue weighted by Gasteiger charge is 2.43. The summed E-state index contributed by atoms with van der Waals surface area (Å²) in [5, 5.41) is 6.32. The zero-order valence-electron chi connectivity index (χ0n) is 18.3. The number of benzene rings is 1. The second-order valence-corrected chi connectivity index (χ2v) is 8.50. The van der Waals surface area contributed by atoms with Crippen LogP contribution >= 0.6 is 0 Å². The number of nitrogens with one attached hydrogen (secondary N) is 2. The molecular formula is C22H27F2N5O3.